The molecule has 0 N–H and O–H groups in total. The lowest BCUT2D eigenvalue weighted by molar-refractivity contribution is -0.385. The fourth-order valence-corrected chi connectivity index (χ4v) is 4.12. The average molecular weight is 420 g/mol. The Labute approximate surface area is 169 Å². The molecule has 0 heterocycles. The van der Waals surface area contributed by atoms with E-state index in [2.05, 4.69) is 4.99 Å². The maximum Gasteiger partial charge on any atom is 0.270 e. The normalized spacial score (nSPS) is 11.9. The maximum absolute atomic E-state index is 12.8. The van der Waals surface area contributed by atoms with Crippen LogP contribution in [0.4, 0.5) is 11.4 Å². The van der Waals surface area contributed by atoms with Crippen molar-refractivity contribution in [1.82, 2.24) is 4.31 Å². The lowest BCUT2D eigenvalue weighted by Crippen LogP contribution is -2.30. The third-order valence-electron chi connectivity index (χ3n) is 4.12. The minimum atomic E-state index is -3.71. The van der Waals surface area contributed by atoms with Crippen LogP contribution in [0.15, 0.2) is 46.3 Å². The second-order valence-electron chi connectivity index (χ2n) is 5.89. The fraction of sp³-hybridized carbons (Fsp3) is 0.316. The van der Waals surface area contributed by atoms with E-state index < -0.39 is 20.7 Å². The van der Waals surface area contributed by atoms with Crippen molar-refractivity contribution in [2.24, 2.45) is 4.99 Å². The van der Waals surface area contributed by atoms with E-state index in [0.29, 0.717) is 25.4 Å². The van der Waals surface area contributed by atoms with Gasteiger partial charge in [0.25, 0.3) is 5.69 Å². The van der Waals surface area contributed by atoms with E-state index in [1.165, 1.54) is 28.7 Å². The molecule has 0 saturated carbocycles. The zero-order valence-electron chi connectivity index (χ0n) is 16.4. The summed E-state index contributed by atoms with van der Waals surface area (Å²) < 4.78 is 32.3. The quantitative estimate of drug-likeness (QED) is 0.349. The van der Waals surface area contributed by atoms with Crippen LogP contribution >= 0.6 is 0 Å². The number of sulfonamides is 1. The Morgan fingerprint density at radius 2 is 1.83 bits per heavy atom. The van der Waals surface area contributed by atoms with Gasteiger partial charge in [-0.2, -0.15) is 4.31 Å². The number of non-ortho nitro benzene ring substituents is 1. The highest BCUT2D eigenvalue weighted by Crippen LogP contribution is 2.32. The second kappa shape index (κ2) is 9.48. The van der Waals surface area contributed by atoms with Gasteiger partial charge in [0.15, 0.2) is 0 Å². The first-order valence-corrected chi connectivity index (χ1v) is 10.4. The smallest absolute Gasteiger partial charge is 0.270 e. The van der Waals surface area contributed by atoms with Gasteiger partial charge in [0.2, 0.25) is 10.0 Å². The molecule has 0 aliphatic rings. The maximum atomic E-state index is 12.8. The van der Waals surface area contributed by atoms with Crippen molar-refractivity contribution in [3.8, 4) is 11.5 Å². The zero-order valence-corrected chi connectivity index (χ0v) is 17.2. The Hall–Kier alpha value is -2.98. The topological polar surface area (TPSA) is 125 Å². The number of nitro groups is 1. The number of nitrogens with zero attached hydrogens (tertiary/aromatic N) is 3. The summed E-state index contributed by atoms with van der Waals surface area (Å²) in [6, 6.07) is 7.61. The van der Waals surface area contributed by atoms with E-state index in [9.17, 15) is 23.6 Å². The number of benzene rings is 2. The van der Waals surface area contributed by atoms with Crippen LogP contribution in [0.5, 0.6) is 11.5 Å². The molecule has 0 bridgehead atoms. The lowest BCUT2D eigenvalue weighted by Gasteiger charge is -2.19. The van der Waals surface area contributed by atoms with Gasteiger partial charge in [-0.25, -0.2) is 8.42 Å². The van der Waals surface area contributed by atoms with Crippen LogP contribution in [0.3, 0.4) is 0 Å². The molecule has 0 spiro atoms. The van der Waals surface area contributed by atoms with E-state index in [-0.39, 0.29) is 21.8 Å². The largest absolute Gasteiger partial charge is 0.872 e. The summed E-state index contributed by atoms with van der Waals surface area (Å²) in [7, 11) is -3.71. The molecule has 9 nitrogen and oxygen atoms in total. The van der Waals surface area contributed by atoms with Crippen LogP contribution in [0, 0.1) is 10.1 Å². The van der Waals surface area contributed by atoms with Gasteiger partial charge in [0.1, 0.15) is 11.4 Å². The molecule has 0 aliphatic heterocycles. The molecule has 0 saturated heterocycles. The van der Waals surface area contributed by atoms with Gasteiger partial charge in [-0.15, -0.1) is 0 Å². The first-order chi connectivity index (χ1) is 13.7. The van der Waals surface area contributed by atoms with Crippen molar-refractivity contribution in [3.63, 3.8) is 0 Å². The van der Waals surface area contributed by atoms with Crippen molar-refractivity contribution < 1.29 is 23.2 Å². The van der Waals surface area contributed by atoms with E-state index in [0.717, 1.165) is 18.2 Å². The highest BCUT2D eigenvalue weighted by Gasteiger charge is 2.22. The molecular weight excluding hydrogens is 398 g/mol. The van der Waals surface area contributed by atoms with E-state index in [1.807, 2.05) is 0 Å². The standard InChI is InChI=1S/C19H23N3O6S/c1-4-21(5-2)29(26,27)16-8-10-19(28-6-3)17(12-16)20-13-14-11-15(22(24)25)7-9-18(14)23/h7-13,23H,4-6H2,1-3H3/p-1. The number of rotatable bonds is 9. The summed E-state index contributed by atoms with van der Waals surface area (Å²) >= 11 is 0. The minimum absolute atomic E-state index is 0.0126. The average Bonchev–Trinajstić information content (AvgIpc) is 2.68. The summed E-state index contributed by atoms with van der Waals surface area (Å²) in [5.41, 5.74) is -0.0291. The van der Waals surface area contributed by atoms with Crippen molar-refractivity contribution in [2.45, 2.75) is 25.7 Å². The van der Waals surface area contributed by atoms with E-state index in [4.69, 9.17) is 4.74 Å². The van der Waals surface area contributed by atoms with Gasteiger partial charge in [-0.1, -0.05) is 25.7 Å². The number of ether oxygens (including phenoxy) is 1. The summed E-state index contributed by atoms with van der Waals surface area (Å²) in [5, 5.41) is 22.9. The van der Waals surface area contributed by atoms with Gasteiger partial charge in [-0.3, -0.25) is 15.1 Å². The Balaban J connectivity index is 2.52. The Bertz CT molecular complexity index is 1020. The number of aliphatic imine (C=N–C) groups is 1. The van der Waals surface area contributed by atoms with Gasteiger partial charge < -0.3 is 9.84 Å². The second-order valence-corrected chi connectivity index (χ2v) is 7.83. The van der Waals surface area contributed by atoms with Gasteiger partial charge in [-0.05, 0) is 30.7 Å². The zero-order chi connectivity index (χ0) is 21.6. The van der Waals surface area contributed by atoms with Crippen LogP contribution in [-0.2, 0) is 10.0 Å². The number of hydrogen-bond donors (Lipinski definition) is 0. The summed E-state index contributed by atoms with van der Waals surface area (Å²) in [6.07, 6.45) is 1.17. The Morgan fingerprint density at radius 3 is 2.41 bits per heavy atom. The van der Waals surface area contributed by atoms with Crippen molar-refractivity contribution in [2.75, 3.05) is 19.7 Å². The third-order valence-corrected chi connectivity index (χ3v) is 6.17. The van der Waals surface area contributed by atoms with Crippen molar-refractivity contribution >= 4 is 27.6 Å². The molecule has 156 valence electrons. The molecule has 0 amide bonds. The molecular formula is C19H22N3O6S-. The van der Waals surface area contributed by atoms with Crippen molar-refractivity contribution in [3.05, 3.63) is 52.1 Å². The molecule has 0 radical (unpaired) electrons. The SMILES string of the molecule is CCOc1ccc(S(=O)(=O)N(CC)CC)cc1N=Cc1cc([N+](=O)[O-])ccc1[O-]. The monoisotopic (exact) mass is 420 g/mol. The molecule has 0 aliphatic carbocycles. The summed E-state index contributed by atoms with van der Waals surface area (Å²) in [5.74, 6) is -0.107. The summed E-state index contributed by atoms with van der Waals surface area (Å²) in [6.45, 7) is 6.22. The molecule has 0 fully saturated rings. The van der Waals surface area contributed by atoms with Gasteiger partial charge in [0, 0.05) is 31.4 Å². The van der Waals surface area contributed by atoms with Gasteiger partial charge in [0.05, 0.1) is 16.4 Å². The first kappa shape index (κ1) is 22.3. The molecule has 0 unspecified atom stereocenters. The number of hydrogen-bond acceptors (Lipinski definition) is 7. The molecule has 10 heteroatoms. The molecule has 0 aromatic heterocycles. The molecule has 2 rings (SSSR count). The van der Waals surface area contributed by atoms with Crippen LogP contribution < -0.4 is 9.84 Å². The summed E-state index contributed by atoms with van der Waals surface area (Å²) in [4.78, 5) is 14.5. The third kappa shape index (κ3) is 5.09. The molecule has 29 heavy (non-hydrogen) atoms. The van der Waals surface area contributed by atoms with E-state index >= 15 is 0 Å². The molecule has 0 atom stereocenters. The van der Waals surface area contributed by atoms with Crippen LogP contribution in [0.1, 0.15) is 26.3 Å². The predicted molar refractivity (Wildman–Crippen MR) is 108 cm³/mol. The molecule has 2 aromatic rings. The van der Waals surface area contributed by atoms with Crippen LogP contribution in [0.2, 0.25) is 0 Å². The highest BCUT2D eigenvalue weighted by molar-refractivity contribution is 7.89. The Morgan fingerprint density at radius 1 is 1.14 bits per heavy atom. The fourth-order valence-electron chi connectivity index (χ4n) is 2.64. The highest BCUT2D eigenvalue weighted by atomic mass is 32.2. The van der Waals surface area contributed by atoms with Crippen LogP contribution in [-0.4, -0.2) is 43.6 Å². The number of nitro benzene ring substituents is 1. The lowest BCUT2D eigenvalue weighted by atomic mass is 10.2. The minimum Gasteiger partial charge on any atom is -0.872 e. The van der Waals surface area contributed by atoms with Gasteiger partial charge >= 0.3 is 0 Å². The molecule has 2 aromatic carbocycles. The Kier molecular flexibility index (Phi) is 7.29. The predicted octanol–water partition coefficient (Wildman–Crippen LogP) is 2.85. The first-order valence-electron chi connectivity index (χ1n) is 9.01. The van der Waals surface area contributed by atoms with Crippen molar-refractivity contribution in [1.29, 1.82) is 0 Å². The van der Waals surface area contributed by atoms with E-state index in [1.54, 1.807) is 20.8 Å². The van der Waals surface area contributed by atoms with Crippen LogP contribution in [0.25, 0.3) is 0 Å².